The SMILES string of the molecule is Cc1cc(/C=C/C(=O)OCC(=O)Nc2ccc(C(N)=O)cc2)c(C)n1Cc1ccco1. The van der Waals surface area contributed by atoms with Crippen LogP contribution in [0.3, 0.4) is 0 Å². The van der Waals surface area contributed by atoms with Gasteiger partial charge in [-0.25, -0.2) is 4.79 Å². The second-order valence-electron chi connectivity index (χ2n) is 6.92. The van der Waals surface area contributed by atoms with Crippen LogP contribution in [-0.2, 0) is 20.9 Å². The van der Waals surface area contributed by atoms with Crippen LogP contribution in [0.4, 0.5) is 5.69 Å². The number of primary amides is 1. The minimum atomic E-state index is -0.630. The van der Waals surface area contributed by atoms with E-state index >= 15 is 0 Å². The summed E-state index contributed by atoms with van der Waals surface area (Å²) in [4.78, 5) is 35.0. The molecule has 2 heterocycles. The number of amides is 2. The highest BCUT2D eigenvalue weighted by atomic mass is 16.5. The van der Waals surface area contributed by atoms with Gasteiger partial charge >= 0.3 is 5.97 Å². The first kappa shape index (κ1) is 21.6. The Morgan fingerprint density at radius 2 is 1.90 bits per heavy atom. The zero-order valence-corrected chi connectivity index (χ0v) is 17.3. The van der Waals surface area contributed by atoms with Gasteiger partial charge in [0.25, 0.3) is 5.91 Å². The van der Waals surface area contributed by atoms with Crippen molar-refractivity contribution >= 4 is 29.5 Å². The number of nitrogens with zero attached hydrogens (tertiary/aromatic N) is 1. The Balaban J connectivity index is 1.52. The van der Waals surface area contributed by atoms with E-state index in [2.05, 4.69) is 9.88 Å². The number of furan rings is 1. The number of anilines is 1. The largest absolute Gasteiger partial charge is 0.467 e. The zero-order chi connectivity index (χ0) is 22.4. The van der Waals surface area contributed by atoms with Crippen molar-refractivity contribution in [1.29, 1.82) is 0 Å². The fourth-order valence-corrected chi connectivity index (χ4v) is 3.06. The second-order valence-corrected chi connectivity index (χ2v) is 6.92. The van der Waals surface area contributed by atoms with E-state index in [1.807, 2.05) is 32.0 Å². The molecule has 2 amide bonds. The molecule has 0 saturated carbocycles. The first-order chi connectivity index (χ1) is 14.8. The lowest BCUT2D eigenvalue weighted by Gasteiger charge is -2.07. The second kappa shape index (κ2) is 9.62. The van der Waals surface area contributed by atoms with Gasteiger partial charge in [-0.05, 0) is 68.0 Å². The summed E-state index contributed by atoms with van der Waals surface area (Å²) in [5.41, 5.74) is 8.85. The Bertz CT molecular complexity index is 1110. The smallest absolute Gasteiger partial charge is 0.331 e. The molecule has 0 aliphatic heterocycles. The minimum absolute atomic E-state index is 0.332. The van der Waals surface area contributed by atoms with Crippen LogP contribution in [0.25, 0.3) is 6.08 Å². The predicted molar refractivity (Wildman–Crippen MR) is 115 cm³/mol. The Labute approximate surface area is 179 Å². The van der Waals surface area contributed by atoms with E-state index in [4.69, 9.17) is 14.9 Å². The summed E-state index contributed by atoms with van der Waals surface area (Å²) in [6.45, 7) is 4.10. The van der Waals surface area contributed by atoms with Gasteiger partial charge in [-0.1, -0.05) is 0 Å². The fraction of sp³-hybridized carbons (Fsp3) is 0.174. The summed E-state index contributed by atoms with van der Waals surface area (Å²) in [6, 6.07) is 11.8. The molecule has 160 valence electrons. The summed E-state index contributed by atoms with van der Waals surface area (Å²) >= 11 is 0. The number of rotatable bonds is 8. The maximum atomic E-state index is 12.0. The molecule has 0 bridgehead atoms. The maximum absolute atomic E-state index is 12.0. The number of aromatic nitrogens is 1. The Morgan fingerprint density at radius 3 is 2.55 bits per heavy atom. The normalized spacial score (nSPS) is 10.9. The first-order valence-corrected chi connectivity index (χ1v) is 9.57. The van der Waals surface area contributed by atoms with Gasteiger partial charge in [-0.2, -0.15) is 0 Å². The van der Waals surface area contributed by atoms with E-state index in [1.54, 1.807) is 12.3 Å². The molecule has 0 aliphatic carbocycles. The van der Waals surface area contributed by atoms with Crippen LogP contribution >= 0.6 is 0 Å². The van der Waals surface area contributed by atoms with Crippen LogP contribution in [-0.4, -0.2) is 29.0 Å². The summed E-state index contributed by atoms with van der Waals surface area (Å²) in [6.07, 6.45) is 4.57. The summed E-state index contributed by atoms with van der Waals surface area (Å²) in [5.74, 6) is -0.840. The Hall–Kier alpha value is -4.07. The van der Waals surface area contributed by atoms with Gasteiger partial charge in [0.2, 0.25) is 5.91 Å². The van der Waals surface area contributed by atoms with Crippen LogP contribution in [0.2, 0.25) is 0 Å². The van der Waals surface area contributed by atoms with Crippen molar-refractivity contribution in [3.63, 3.8) is 0 Å². The average Bonchev–Trinajstić information content (AvgIpc) is 3.35. The number of aryl methyl sites for hydroxylation is 1. The first-order valence-electron chi connectivity index (χ1n) is 9.57. The third-order valence-electron chi connectivity index (χ3n) is 4.70. The van der Waals surface area contributed by atoms with E-state index in [9.17, 15) is 14.4 Å². The number of hydrogen-bond donors (Lipinski definition) is 2. The molecule has 0 unspecified atom stereocenters. The fourth-order valence-electron chi connectivity index (χ4n) is 3.06. The molecular weight excluding hydrogens is 398 g/mol. The number of nitrogens with one attached hydrogen (secondary N) is 1. The molecule has 0 saturated heterocycles. The maximum Gasteiger partial charge on any atom is 0.331 e. The molecule has 0 radical (unpaired) electrons. The van der Waals surface area contributed by atoms with E-state index < -0.39 is 24.4 Å². The van der Waals surface area contributed by atoms with Crippen molar-refractivity contribution < 1.29 is 23.5 Å². The van der Waals surface area contributed by atoms with E-state index in [1.165, 1.54) is 30.3 Å². The minimum Gasteiger partial charge on any atom is -0.467 e. The molecule has 0 fully saturated rings. The molecule has 1 aromatic carbocycles. The van der Waals surface area contributed by atoms with Crippen LogP contribution in [0.1, 0.15) is 33.1 Å². The lowest BCUT2D eigenvalue weighted by atomic mass is 10.2. The monoisotopic (exact) mass is 421 g/mol. The quantitative estimate of drug-likeness (QED) is 0.428. The van der Waals surface area contributed by atoms with Gasteiger partial charge in [-0.15, -0.1) is 0 Å². The van der Waals surface area contributed by atoms with Gasteiger partial charge in [0.1, 0.15) is 5.76 Å². The van der Waals surface area contributed by atoms with Gasteiger partial charge in [0, 0.05) is 28.7 Å². The Kier molecular flexibility index (Phi) is 6.71. The number of carbonyl (C=O) groups is 3. The van der Waals surface area contributed by atoms with Crippen LogP contribution < -0.4 is 11.1 Å². The lowest BCUT2D eigenvalue weighted by molar-refractivity contribution is -0.142. The number of hydrogen-bond acceptors (Lipinski definition) is 5. The molecule has 8 nitrogen and oxygen atoms in total. The Morgan fingerprint density at radius 1 is 1.16 bits per heavy atom. The molecule has 8 heteroatoms. The summed E-state index contributed by atoms with van der Waals surface area (Å²) in [5, 5.41) is 2.57. The number of carbonyl (C=O) groups excluding carboxylic acids is 3. The van der Waals surface area contributed by atoms with Crippen molar-refractivity contribution in [3.05, 3.63) is 83.1 Å². The van der Waals surface area contributed by atoms with Gasteiger partial charge in [0.05, 0.1) is 12.8 Å². The molecule has 2 aromatic heterocycles. The number of nitrogens with two attached hydrogens (primary N) is 1. The van der Waals surface area contributed by atoms with Crippen molar-refractivity contribution in [1.82, 2.24) is 4.57 Å². The van der Waals surface area contributed by atoms with Gasteiger partial charge in [0.15, 0.2) is 6.61 Å². The highest BCUT2D eigenvalue weighted by molar-refractivity contribution is 5.96. The molecule has 3 aromatic rings. The molecule has 3 rings (SSSR count). The number of ether oxygens (including phenoxy) is 1. The molecule has 31 heavy (non-hydrogen) atoms. The number of esters is 1. The summed E-state index contributed by atoms with van der Waals surface area (Å²) in [7, 11) is 0. The van der Waals surface area contributed by atoms with Crippen molar-refractivity contribution in [2.75, 3.05) is 11.9 Å². The lowest BCUT2D eigenvalue weighted by Crippen LogP contribution is -2.20. The molecule has 0 spiro atoms. The predicted octanol–water partition coefficient (Wildman–Crippen LogP) is 3.04. The highest BCUT2D eigenvalue weighted by Gasteiger charge is 2.10. The number of benzene rings is 1. The van der Waals surface area contributed by atoms with E-state index in [-0.39, 0.29) is 0 Å². The molecule has 0 atom stereocenters. The van der Waals surface area contributed by atoms with Gasteiger partial charge in [-0.3, -0.25) is 9.59 Å². The van der Waals surface area contributed by atoms with Crippen molar-refractivity contribution in [2.24, 2.45) is 5.73 Å². The molecular formula is C23H23N3O5. The van der Waals surface area contributed by atoms with Crippen LogP contribution in [0.15, 0.2) is 59.2 Å². The molecule has 0 aliphatic rings. The zero-order valence-electron chi connectivity index (χ0n) is 17.3. The topological polar surface area (TPSA) is 117 Å². The standard InChI is InChI=1S/C23H23N3O5/c1-15-12-18(16(2)26(15)13-20-4-3-11-30-20)7-10-22(28)31-14-21(27)25-19-8-5-17(6-9-19)23(24)29/h3-12H,13-14H2,1-2H3,(H2,24,29)(H,25,27)/b10-7+. The third-order valence-corrected chi connectivity index (χ3v) is 4.70. The van der Waals surface area contributed by atoms with E-state index in [0.29, 0.717) is 17.8 Å². The average molecular weight is 421 g/mol. The van der Waals surface area contributed by atoms with Gasteiger partial charge < -0.3 is 24.8 Å². The highest BCUT2D eigenvalue weighted by Crippen LogP contribution is 2.18. The van der Waals surface area contributed by atoms with E-state index in [0.717, 1.165) is 22.7 Å². The van der Waals surface area contributed by atoms with Crippen molar-refractivity contribution in [3.8, 4) is 0 Å². The summed E-state index contributed by atoms with van der Waals surface area (Å²) < 4.78 is 12.5. The van der Waals surface area contributed by atoms with Crippen molar-refractivity contribution in [2.45, 2.75) is 20.4 Å². The third kappa shape index (κ3) is 5.72. The van der Waals surface area contributed by atoms with Crippen LogP contribution in [0.5, 0.6) is 0 Å². The van der Waals surface area contributed by atoms with Crippen LogP contribution in [0, 0.1) is 13.8 Å². The molecule has 3 N–H and O–H groups in total.